The molecule has 38 heavy (non-hydrogen) atoms. The molecule has 6 nitrogen and oxygen atoms in total. The van der Waals surface area contributed by atoms with Gasteiger partial charge in [0.25, 0.3) is 11.5 Å². The Balaban J connectivity index is 1.45. The number of aromatic nitrogens is 3. The van der Waals surface area contributed by atoms with Crippen LogP contribution in [-0.4, -0.2) is 20.5 Å². The molecule has 0 bridgehead atoms. The fourth-order valence-electron chi connectivity index (χ4n) is 4.68. The van der Waals surface area contributed by atoms with Crippen LogP contribution < -0.4 is 15.0 Å². The quantitative estimate of drug-likeness (QED) is 0.275. The molecule has 8 heteroatoms. The van der Waals surface area contributed by atoms with E-state index in [1.165, 1.54) is 21.4 Å². The van der Waals surface area contributed by atoms with Gasteiger partial charge in [-0.3, -0.25) is 9.59 Å². The maximum atomic E-state index is 13.8. The molecule has 0 saturated carbocycles. The number of carbonyl (C=O) groups excluding carboxylic acids is 1. The zero-order valence-corrected chi connectivity index (χ0v) is 23.9. The molecule has 1 aliphatic heterocycles. The van der Waals surface area contributed by atoms with Crippen LogP contribution in [0, 0.1) is 6.92 Å². The van der Waals surface area contributed by atoms with Gasteiger partial charge in [0.05, 0.1) is 17.8 Å². The summed E-state index contributed by atoms with van der Waals surface area (Å²) in [7, 11) is 0. The third-order valence-electron chi connectivity index (χ3n) is 6.83. The zero-order chi connectivity index (χ0) is 26.8. The highest BCUT2D eigenvalue weighted by molar-refractivity contribution is 9.10. The summed E-state index contributed by atoms with van der Waals surface area (Å²) in [4.78, 5) is 34.2. The van der Waals surface area contributed by atoms with Crippen LogP contribution in [0.3, 0.4) is 0 Å². The Labute approximate surface area is 232 Å². The maximum Gasteiger partial charge on any atom is 0.291 e. The lowest BCUT2D eigenvalue weighted by molar-refractivity contribution is -0.113. The van der Waals surface area contributed by atoms with Crippen molar-refractivity contribution >= 4 is 49.4 Å². The van der Waals surface area contributed by atoms with Crippen molar-refractivity contribution < 1.29 is 4.79 Å². The smallest absolute Gasteiger partial charge is 0.291 e. The van der Waals surface area contributed by atoms with Crippen molar-refractivity contribution in [2.45, 2.75) is 39.7 Å². The highest BCUT2D eigenvalue weighted by Crippen LogP contribution is 2.38. The van der Waals surface area contributed by atoms with Gasteiger partial charge >= 0.3 is 0 Å². The van der Waals surface area contributed by atoms with Crippen LogP contribution in [0.15, 0.2) is 76.0 Å². The molecule has 5 aromatic rings. The van der Waals surface area contributed by atoms with Crippen molar-refractivity contribution in [3.63, 3.8) is 0 Å². The van der Waals surface area contributed by atoms with Crippen LogP contribution in [0.2, 0.25) is 0 Å². The molecule has 1 aliphatic rings. The molecule has 1 amide bonds. The van der Waals surface area contributed by atoms with Crippen LogP contribution in [0.5, 0.6) is 0 Å². The van der Waals surface area contributed by atoms with Gasteiger partial charge in [0.2, 0.25) is 4.96 Å². The highest BCUT2D eigenvalue weighted by Gasteiger charge is 2.34. The summed E-state index contributed by atoms with van der Waals surface area (Å²) >= 11 is 4.73. The maximum absolute atomic E-state index is 13.8. The second-order valence-corrected chi connectivity index (χ2v) is 12.5. The minimum absolute atomic E-state index is 0.0429. The van der Waals surface area contributed by atoms with Gasteiger partial charge in [-0.1, -0.05) is 102 Å². The van der Waals surface area contributed by atoms with E-state index in [4.69, 9.17) is 0 Å². The van der Waals surface area contributed by atoms with Crippen LogP contribution in [0.25, 0.3) is 21.9 Å². The summed E-state index contributed by atoms with van der Waals surface area (Å²) in [6.07, 6.45) is 0. The lowest BCUT2D eigenvalue weighted by atomic mass is 9.87. The van der Waals surface area contributed by atoms with E-state index in [1.54, 1.807) is 4.90 Å². The van der Waals surface area contributed by atoms with Crippen molar-refractivity contribution in [2.75, 3.05) is 4.90 Å². The first-order valence-electron chi connectivity index (χ1n) is 12.3. The van der Waals surface area contributed by atoms with Gasteiger partial charge in [-0.15, -0.1) is 5.10 Å². The second kappa shape index (κ2) is 8.99. The molecular formula is C30H25BrN4O2S. The number of benzene rings is 3. The van der Waals surface area contributed by atoms with Gasteiger partial charge in [0.1, 0.15) is 4.53 Å². The van der Waals surface area contributed by atoms with E-state index in [0.717, 1.165) is 32.4 Å². The number of nitrogens with zero attached hydrogens (tertiary/aromatic N) is 4. The number of thiazole rings is 1. The number of halogens is 1. The Bertz CT molecular complexity index is 1830. The number of anilines is 1. The molecule has 0 aliphatic carbocycles. The molecule has 3 heterocycles. The van der Waals surface area contributed by atoms with Gasteiger partial charge in [-0.05, 0) is 41.7 Å². The van der Waals surface area contributed by atoms with Crippen LogP contribution in [-0.2, 0) is 16.8 Å². The minimum atomic E-state index is -0.332. The van der Waals surface area contributed by atoms with Crippen molar-refractivity contribution in [1.29, 1.82) is 0 Å². The number of fused-ring (bicyclic) bond motifs is 2. The monoisotopic (exact) mass is 584 g/mol. The van der Waals surface area contributed by atoms with Crippen molar-refractivity contribution in [1.82, 2.24) is 14.6 Å². The van der Waals surface area contributed by atoms with E-state index in [1.807, 2.05) is 61.5 Å². The lowest BCUT2D eigenvalue weighted by Crippen LogP contribution is -2.32. The molecule has 0 saturated heterocycles. The highest BCUT2D eigenvalue weighted by atomic mass is 79.9. The molecule has 0 spiro atoms. The summed E-state index contributed by atoms with van der Waals surface area (Å²) in [5, 5.41) is 4.52. The summed E-state index contributed by atoms with van der Waals surface area (Å²) in [6, 6.07) is 21.9. The van der Waals surface area contributed by atoms with E-state index < -0.39 is 0 Å². The Morgan fingerprint density at radius 1 is 0.947 bits per heavy atom. The first kappa shape index (κ1) is 24.7. The molecule has 2 aromatic heterocycles. The molecule has 3 aromatic carbocycles. The number of aryl methyl sites for hydroxylation is 1. The number of hydrogen-bond donors (Lipinski definition) is 0. The Morgan fingerprint density at radius 2 is 1.66 bits per heavy atom. The first-order chi connectivity index (χ1) is 18.1. The zero-order valence-electron chi connectivity index (χ0n) is 21.4. The Kier molecular flexibility index (Phi) is 5.85. The van der Waals surface area contributed by atoms with Gasteiger partial charge in [-0.2, -0.15) is 9.50 Å². The number of carbonyl (C=O) groups is 1. The fraction of sp³-hybridized carbons (Fsp3) is 0.200. The first-order valence-corrected chi connectivity index (χ1v) is 13.9. The summed E-state index contributed by atoms with van der Waals surface area (Å²) in [5.74, 6) is 0.297. The molecular weight excluding hydrogens is 560 g/mol. The largest absolute Gasteiger partial charge is 0.303 e. The average molecular weight is 586 g/mol. The SMILES string of the molecule is Cc1ccc(CN2C(=O)C(=c3sc4nc(-c5ccc(C(C)(C)C)cc5)nn4c3=O)c3cc(Br)ccc32)cc1. The number of rotatable bonds is 3. The van der Waals surface area contributed by atoms with E-state index in [2.05, 4.69) is 58.9 Å². The van der Waals surface area contributed by atoms with Crippen molar-refractivity contribution in [3.8, 4) is 11.4 Å². The van der Waals surface area contributed by atoms with Crippen LogP contribution >= 0.6 is 27.3 Å². The normalized spacial score (nSPS) is 15.0. The molecule has 0 unspecified atom stereocenters. The van der Waals surface area contributed by atoms with Crippen molar-refractivity contribution in [3.05, 3.63) is 108 Å². The van der Waals surface area contributed by atoms with Crippen LogP contribution in [0.4, 0.5) is 5.69 Å². The topological polar surface area (TPSA) is 67.6 Å². The average Bonchev–Trinajstić information content (AvgIpc) is 3.51. The predicted molar refractivity (Wildman–Crippen MR) is 156 cm³/mol. The van der Waals surface area contributed by atoms with Gasteiger partial charge in [-0.25, -0.2) is 0 Å². The molecule has 0 N–H and O–H groups in total. The lowest BCUT2D eigenvalue weighted by Gasteiger charge is -2.18. The van der Waals surface area contributed by atoms with Gasteiger partial charge < -0.3 is 4.90 Å². The van der Waals surface area contributed by atoms with E-state index in [-0.39, 0.29) is 16.9 Å². The number of amides is 1. The number of hydrogen-bond acceptors (Lipinski definition) is 5. The standard InChI is InChI=1S/C30H25BrN4O2S/c1-17-5-7-18(8-6-17)16-34-23-14-13-21(31)15-22(23)24(27(34)36)25-28(37)35-29(38-25)32-26(33-35)19-9-11-20(12-10-19)30(2,3)4/h5-15H,16H2,1-4H3. The second-order valence-electron chi connectivity index (χ2n) is 10.6. The fourth-order valence-corrected chi connectivity index (χ4v) is 6.04. The molecule has 190 valence electrons. The summed E-state index contributed by atoms with van der Waals surface area (Å²) < 4.78 is 2.50. The Morgan fingerprint density at radius 3 is 2.32 bits per heavy atom. The minimum Gasteiger partial charge on any atom is -0.303 e. The molecule has 0 atom stereocenters. The van der Waals surface area contributed by atoms with E-state index in [9.17, 15) is 9.59 Å². The van der Waals surface area contributed by atoms with Crippen molar-refractivity contribution in [2.24, 2.45) is 0 Å². The third-order valence-corrected chi connectivity index (χ3v) is 8.36. The Hall–Kier alpha value is -3.62. The van der Waals surface area contributed by atoms with Gasteiger partial charge in [0.15, 0.2) is 5.82 Å². The van der Waals surface area contributed by atoms with E-state index >= 15 is 0 Å². The summed E-state index contributed by atoms with van der Waals surface area (Å²) in [6.45, 7) is 8.95. The molecule has 6 rings (SSSR count). The van der Waals surface area contributed by atoms with E-state index in [0.29, 0.717) is 27.4 Å². The molecule has 0 radical (unpaired) electrons. The predicted octanol–water partition coefficient (Wildman–Crippen LogP) is 5.65. The van der Waals surface area contributed by atoms with Crippen LogP contribution in [0.1, 0.15) is 43.0 Å². The van der Waals surface area contributed by atoms with Gasteiger partial charge in [0, 0.05) is 15.6 Å². The third kappa shape index (κ3) is 4.18. The molecule has 0 fully saturated rings. The summed E-state index contributed by atoms with van der Waals surface area (Å²) in [5.41, 5.74) is 5.86.